The number of carboxylic acid groups (broad SMARTS) is 1. The number of aromatic nitrogens is 4. The average Bonchev–Trinajstić information content (AvgIpc) is 3.03. The molecule has 1 aliphatic heterocycles. The normalized spacial score (nSPS) is 13.7. The molecule has 0 unspecified atom stereocenters. The number of hydrogen-bond acceptors (Lipinski definition) is 5. The van der Waals surface area contributed by atoms with Gasteiger partial charge in [0, 0.05) is 43.9 Å². The van der Waals surface area contributed by atoms with E-state index in [0.717, 1.165) is 29.2 Å². The van der Waals surface area contributed by atoms with E-state index >= 15 is 0 Å². The molecular formula is C14H17N5O3S. The van der Waals surface area contributed by atoms with Gasteiger partial charge in [0.2, 0.25) is 0 Å². The topological polar surface area (TPSA) is 102 Å². The third-order valence-corrected chi connectivity index (χ3v) is 4.82. The van der Waals surface area contributed by atoms with E-state index in [4.69, 9.17) is 0 Å². The summed E-state index contributed by atoms with van der Waals surface area (Å²) in [6.45, 7) is 0.113. The monoisotopic (exact) mass is 335 g/mol. The molecule has 2 aromatic rings. The summed E-state index contributed by atoms with van der Waals surface area (Å²) in [6.07, 6.45) is 2.32. The highest BCUT2D eigenvalue weighted by Crippen LogP contribution is 2.26. The van der Waals surface area contributed by atoms with Crippen molar-refractivity contribution in [3.63, 3.8) is 0 Å². The number of carbonyl (C=O) groups excluding carboxylic acids is 1. The zero-order valence-electron chi connectivity index (χ0n) is 12.9. The number of carboxylic acids is 1. The van der Waals surface area contributed by atoms with E-state index in [1.165, 1.54) is 10.9 Å². The predicted octanol–water partition coefficient (Wildman–Crippen LogP) is 0.571. The number of thioether (sulfide) groups is 1. The first-order valence-electron chi connectivity index (χ1n) is 7.14. The van der Waals surface area contributed by atoms with Crippen molar-refractivity contribution in [2.45, 2.75) is 18.7 Å². The van der Waals surface area contributed by atoms with Crippen LogP contribution in [0.2, 0.25) is 0 Å². The van der Waals surface area contributed by atoms with Crippen molar-refractivity contribution in [2.24, 2.45) is 14.1 Å². The van der Waals surface area contributed by atoms with Crippen LogP contribution in [0.25, 0.3) is 0 Å². The van der Waals surface area contributed by atoms with E-state index in [1.54, 1.807) is 30.5 Å². The number of fused-ring (bicyclic) bond motifs is 1. The summed E-state index contributed by atoms with van der Waals surface area (Å²) < 4.78 is 2.89. The fourth-order valence-electron chi connectivity index (χ4n) is 2.75. The van der Waals surface area contributed by atoms with Crippen LogP contribution in [0.4, 0.5) is 0 Å². The number of nitrogens with zero attached hydrogens (tertiary/aromatic N) is 4. The minimum absolute atomic E-state index is 0.0768. The second kappa shape index (κ2) is 6.07. The zero-order chi connectivity index (χ0) is 16.6. The first-order chi connectivity index (χ1) is 11.0. The molecule has 0 fully saturated rings. The van der Waals surface area contributed by atoms with E-state index < -0.39 is 5.97 Å². The molecule has 1 amide bonds. The molecule has 3 rings (SSSR count). The molecule has 2 aromatic heterocycles. The number of carbonyl (C=O) groups is 2. The smallest absolute Gasteiger partial charge is 0.354 e. The fourth-order valence-corrected chi connectivity index (χ4v) is 3.74. The van der Waals surface area contributed by atoms with E-state index in [9.17, 15) is 14.7 Å². The van der Waals surface area contributed by atoms with Crippen LogP contribution in [0, 0.1) is 0 Å². The Bertz CT molecular complexity index is 780. The molecule has 0 spiro atoms. The van der Waals surface area contributed by atoms with Crippen LogP contribution in [0.15, 0.2) is 6.20 Å². The van der Waals surface area contributed by atoms with Crippen molar-refractivity contribution in [1.29, 1.82) is 0 Å². The fraction of sp³-hybridized carbons (Fsp3) is 0.429. The summed E-state index contributed by atoms with van der Waals surface area (Å²) in [4.78, 5) is 23.7. The number of nitrogens with one attached hydrogen (secondary N) is 1. The van der Waals surface area contributed by atoms with Gasteiger partial charge in [0.05, 0.1) is 11.9 Å². The molecule has 2 N–H and O–H groups in total. The van der Waals surface area contributed by atoms with E-state index in [-0.39, 0.29) is 18.1 Å². The Morgan fingerprint density at radius 1 is 1.35 bits per heavy atom. The van der Waals surface area contributed by atoms with Crippen LogP contribution in [-0.4, -0.2) is 42.3 Å². The van der Waals surface area contributed by atoms with Gasteiger partial charge >= 0.3 is 5.97 Å². The number of hydrogen-bond donors (Lipinski definition) is 2. The standard InChI is InChI=1S/C14H17N5O3S/c1-18-11(14(21)22)8(6-16-18)5-15-13(20)12-9-7-23-4-3-10(9)17-19(12)2/h6H,3-5,7H2,1-2H3,(H,15,20)(H,21,22). The number of aryl methyl sites for hydroxylation is 3. The molecular weight excluding hydrogens is 318 g/mol. The molecule has 0 radical (unpaired) electrons. The molecule has 0 bridgehead atoms. The van der Waals surface area contributed by atoms with Gasteiger partial charge in [-0.2, -0.15) is 22.0 Å². The van der Waals surface area contributed by atoms with Gasteiger partial charge < -0.3 is 10.4 Å². The lowest BCUT2D eigenvalue weighted by Gasteiger charge is -2.11. The van der Waals surface area contributed by atoms with Gasteiger partial charge in [0.1, 0.15) is 5.69 Å². The lowest BCUT2D eigenvalue weighted by atomic mass is 10.1. The van der Waals surface area contributed by atoms with Crippen molar-refractivity contribution in [3.8, 4) is 0 Å². The molecule has 0 atom stereocenters. The van der Waals surface area contributed by atoms with Crippen LogP contribution < -0.4 is 5.32 Å². The van der Waals surface area contributed by atoms with E-state index in [2.05, 4.69) is 15.5 Å². The Labute approximate surface area is 136 Å². The summed E-state index contributed by atoms with van der Waals surface area (Å²) in [5.41, 5.74) is 3.05. The summed E-state index contributed by atoms with van der Waals surface area (Å²) in [5, 5.41) is 20.3. The Morgan fingerprint density at radius 2 is 2.13 bits per heavy atom. The average molecular weight is 335 g/mol. The van der Waals surface area contributed by atoms with Gasteiger partial charge in [-0.05, 0) is 5.75 Å². The van der Waals surface area contributed by atoms with E-state index in [1.807, 2.05) is 0 Å². The maximum Gasteiger partial charge on any atom is 0.354 e. The van der Waals surface area contributed by atoms with E-state index in [0.29, 0.717) is 11.3 Å². The second-order valence-corrected chi connectivity index (χ2v) is 6.44. The lowest BCUT2D eigenvalue weighted by molar-refractivity contribution is 0.0682. The quantitative estimate of drug-likeness (QED) is 0.847. The molecule has 3 heterocycles. The molecule has 23 heavy (non-hydrogen) atoms. The van der Waals surface area contributed by atoms with Gasteiger partial charge in [-0.15, -0.1) is 0 Å². The maximum absolute atomic E-state index is 12.5. The molecule has 0 saturated heterocycles. The lowest BCUT2D eigenvalue weighted by Crippen LogP contribution is -2.27. The summed E-state index contributed by atoms with van der Waals surface area (Å²) in [6, 6.07) is 0. The van der Waals surface area contributed by atoms with Crippen LogP contribution >= 0.6 is 11.8 Å². The third kappa shape index (κ3) is 2.83. The molecule has 8 nitrogen and oxygen atoms in total. The Kier molecular flexibility index (Phi) is 4.12. The van der Waals surface area contributed by atoms with Crippen molar-refractivity contribution in [1.82, 2.24) is 24.9 Å². The van der Waals surface area contributed by atoms with Crippen molar-refractivity contribution in [2.75, 3.05) is 5.75 Å². The van der Waals surface area contributed by atoms with Gasteiger partial charge in [-0.3, -0.25) is 14.2 Å². The van der Waals surface area contributed by atoms with Gasteiger partial charge in [0.15, 0.2) is 5.69 Å². The highest BCUT2D eigenvalue weighted by atomic mass is 32.2. The first kappa shape index (κ1) is 15.6. The molecule has 9 heteroatoms. The molecule has 0 saturated carbocycles. The molecule has 1 aliphatic rings. The van der Waals surface area contributed by atoms with Gasteiger partial charge in [-0.1, -0.05) is 0 Å². The van der Waals surface area contributed by atoms with Crippen LogP contribution in [0.3, 0.4) is 0 Å². The maximum atomic E-state index is 12.5. The Hall–Kier alpha value is -2.29. The molecule has 0 aliphatic carbocycles. The largest absolute Gasteiger partial charge is 0.477 e. The van der Waals surface area contributed by atoms with Gasteiger partial charge in [-0.25, -0.2) is 4.79 Å². The van der Waals surface area contributed by atoms with Crippen LogP contribution in [0.5, 0.6) is 0 Å². The molecule has 122 valence electrons. The minimum atomic E-state index is -1.07. The Balaban J connectivity index is 1.79. The third-order valence-electron chi connectivity index (χ3n) is 3.83. The van der Waals surface area contributed by atoms with Crippen LogP contribution in [-0.2, 0) is 32.8 Å². The number of amides is 1. The molecule has 0 aromatic carbocycles. The summed E-state index contributed by atoms with van der Waals surface area (Å²) in [7, 11) is 3.31. The van der Waals surface area contributed by atoms with Crippen molar-refractivity contribution >= 4 is 23.6 Å². The first-order valence-corrected chi connectivity index (χ1v) is 8.29. The van der Waals surface area contributed by atoms with Crippen molar-refractivity contribution in [3.05, 3.63) is 34.4 Å². The SMILES string of the molecule is Cn1ncc(CNC(=O)c2c3c(nn2C)CCSC3)c1C(=O)O. The summed E-state index contributed by atoms with van der Waals surface area (Å²) in [5.74, 6) is 0.481. The predicted molar refractivity (Wildman–Crippen MR) is 84.4 cm³/mol. The second-order valence-electron chi connectivity index (χ2n) is 5.33. The van der Waals surface area contributed by atoms with Crippen molar-refractivity contribution < 1.29 is 14.7 Å². The minimum Gasteiger partial charge on any atom is -0.477 e. The van der Waals surface area contributed by atoms with Gasteiger partial charge in [0.25, 0.3) is 5.91 Å². The Morgan fingerprint density at radius 3 is 2.87 bits per heavy atom. The summed E-state index contributed by atoms with van der Waals surface area (Å²) >= 11 is 1.78. The highest BCUT2D eigenvalue weighted by molar-refractivity contribution is 7.98. The number of rotatable bonds is 4. The number of aromatic carboxylic acids is 1. The van der Waals surface area contributed by atoms with Crippen LogP contribution in [0.1, 0.15) is 37.8 Å². The highest BCUT2D eigenvalue weighted by Gasteiger charge is 2.24. The zero-order valence-corrected chi connectivity index (χ0v) is 13.7.